The third kappa shape index (κ3) is 4.46. The minimum Gasteiger partial charge on any atom is -0.505 e. The van der Waals surface area contributed by atoms with Crippen LogP contribution in [0.4, 0.5) is 4.39 Å². The number of hydrogen-bond donors (Lipinski definition) is 2. The Morgan fingerprint density at radius 3 is 2.75 bits per heavy atom. The number of esters is 1. The topological polar surface area (TPSA) is 78.9 Å². The number of phenols is 1. The predicted molar refractivity (Wildman–Crippen MR) is 102 cm³/mol. The second-order valence-corrected chi connectivity index (χ2v) is 7.97. The number of fused-ring (bicyclic) bond motifs is 1. The molecule has 1 aliphatic heterocycles. The van der Waals surface area contributed by atoms with Crippen LogP contribution in [0.25, 0.3) is 0 Å². The van der Waals surface area contributed by atoms with Crippen LogP contribution in [0.2, 0.25) is 0 Å². The number of methoxy groups -OCH3 is 1. The molecule has 7 heteroatoms. The molecule has 1 unspecified atom stereocenters. The highest BCUT2D eigenvalue weighted by Crippen LogP contribution is 2.35. The number of carbonyl (C=O) groups is 2. The van der Waals surface area contributed by atoms with Crippen LogP contribution in [0.15, 0.2) is 12.1 Å². The summed E-state index contributed by atoms with van der Waals surface area (Å²) < 4.78 is 18.7. The van der Waals surface area contributed by atoms with Crippen molar-refractivity contribution in [3.8, 4) is 5.75 Å². The normalized spacial score (nSPS) is 22.8. The van der Waals surface area contributed by atoms with Crippen LogP contribution in [0.1, 0.15) is 54.9 Å². The maximum Gasteiger partial charge on any atom is 0.306 e. The van der Waals surface area contributed by atoms with Crippen LogP contribution < -0.4 is 5.32 Å². The fourth-order valence-electron chi connectivity index (χ4n) is 4.40. The van der Waals surface area contributed by atoms with Gasteiger partial charge in [-0.3, -0.25) is 9.59 Å². The van der Waals surface area contributed by atoms with Gasteiger partial charge in [-0.2, -0.15) is 0 Å². The summed E-state index contributed by atoms with van der Waals surface area (Å²) in [6, 6.07) is 3.27. The van der Waals surface area contributed by atoms with Gasteiger partial charge in [0.15, 0.2) is 11.6 Å². The molecule has 1 atom stereocenters. The monoisotopic (exact) mass is 392 g/mol. The van der Waals surface area contributed by atoms with E-state index in [9.17, 15) is 19.1 Å². The highest BCUT2D eigenvalue weighted by molar-refractivity contribution is 5.99. The van der Waals surface area contributed by atoms with Crippen LogP contribution in [0.3, 0.4) is 0 Å². The highest BCUT2D eigenvalue weighted by Gasteiger charge is 2.34. The molecule has 0 bridgehead atoms. The first-order valence-electron chi connectivity index (χ1n) is 10.0. The SMILES string of the molecule is COC(=O)CCNC(C)C1CCC(CN2Cc3ccc(O)c(F)c3C2=O)CC1. The fraction of sp³-hybridized carbons (Fsp3) is 0.619. The minimum absolute atomic E-state index is 0.0251. The zero-order valence-corrected chi connectivity index (χ0v) is 16.5. The molecular weight excluding hydrogens is 363 g/mol. The van der Waals surface area contributed by atoms with E-state index in [1.807, 2.05) is 0 Å². The van der Waals surface area contributed by atoms with E-state index in [-0.39, 0.29) is 17.4 Å². The molecule has 2 aliphatic rings. The van der Waals surface area contributed by atoms with Gasteiger partial charge in [0.25, 0.3) is 5.91 Å². The molecule has 1 aromatic rings. The van der Waals surface area contributed by atoms with Crippen LogP contribution >= 0.6 is 0 Å². The zero-order chi connectivity index (χ0) is 20.3. The average Bonchev–Trinajstić information content (AvgIpc) is 3.01. The average molecular weight is 392 g/mol. The molecule has 1 heterocycles. The molecule has 154 valence electrons. The van der Waals surface area contributed by atoms with Crippen LogP contribution in [-0.2, 0) is 16.1 Å². The molecule has 0 aromatic heterocycles. The molecule has 0 radical (unpaired) electrons. The van der Waals surface area contributed by atoms with E-state index in [1.54, 1.807) is 11.0 Å². The summed E-state index contributed by atoms with van der Waals surface area (Å²) in [4.78, 5) is 25.4. The van der Waals surface area contributed by atoms with E-state index in [4.69, 9.17) is 0 Å². The van der Waals surface area contributed by atoms with E-state index in [0.717, 1.165) is 25.7 Å². The second kappa shape index (κ2) is 8.90. The lowest BCUT2D eigenvalue weighted by atomic mass is 9.78. The summed E-state index contributed by atoms with van der Waals surface area (Å²) in [5.74, 6) is -0.834. The number of benzene rings is 1. The van der Waals surface area contributed by atoms with E-state index in [1.165, 1.54) is 13.2 Å². The van der Waals surface area contributed by atoms with E-state index in [0.29, 0.717) is 49.5 Å². The van der Waals surface area contributed by atoms with Gasteiger partial charge in [-0.15, -0.1) is 0 Å². The number of aromatic hydroxyl groups is 1. The van der Waals surface area contributed by atoms with Gasteiger partial charge >= 0.3 is 5.97 Å². The van der Waals surface area contributed by atoms with Gasteiger partial charge in [0.05, 0.1) is 19.1 Å². The third-order valence-corrected chi connectivity index (χ3v) is 6.17. The minimum atomic E-state index is -0.805. The number of hydrogen-bond acceptors (Lipinski definition) is 5. The molecular formula is C21H29FN2O4. The number of phenolic OH excluding ortho intramolecular Hbond substituents is 1. The van der Waals surface area contributed by atoms with Gasteiger partial charge in [-0.1, -0.05) is 6.07 Å². The molecule has 1 aromatic carbocycles. The summed E-state index contributed by atoms with van der Waals surface area (Å²) in [5, 5.41) is 12.9. The van der Waals surface area contributed by atoms with Crippen molar-refractivity contribution in [2.45, 2.75) is 51.6 Å². The quantitative estimate of drug-likeness (QED) is 0.698. The summed E-state index contributed by atoms with van der Waals surface area (Å²) in [6.45, 7) is 3.81. The summed E-state index contributed by atoms with van der Waals surface area (Å²) >= 11 is 0. The first kappa shape index (κ1) is 20.6. The Morgan fingerprint density at radius 2 is 2.07 bits per heavy atom. The van der Waals surface area contributed by atoms with Crippen molar-refractivity contribution in [1.82, 2.24) is 10.2 Å². The van der Waals surface area contributed by atoms with Crippen molar-refractivity contribution in [1.29, 1.82) is 0 Å². The smallest absolute Gasteiger partial charge is 0.306 e. The Hall–Kier alpha value is -2.15. The van der Waals surface area contributed by atoms with Crippen molar-refractivity contribution >= 4 is 11.9 Å². The molecule has 3 rings (SSSR count). The van der Waals surface area contributed by atoms with Gasteiger partial charge in [-0.25, -0.2) is 4.39 Å². The summed E-state index contributed by atoms with van der Waals surface area (Å²) in [6.07, 6.45) is 4.57. The lowest BCUT2D eigenvalue weighted by Gasteiger charge is -2.34. The summed E-state index contributed by atoms with van der Waals surface area (Å²) in [7, 11) is 1.40. The Balaban J connectivity index is 1.46. The van der Waals surface area contributed by atoms with Gasteiger partial charge < -0.3 is 20.1 Å². The van der Waals surface area contributed by atoms with Crippen LogP contribution in [0.5, 0.6) is 5.75 Å². The van der Waals surface area contributed by atoms with Gasteiger partial charge in [0.2, 0.25) is 0 Å². The Bertz CT molecular complexity index is 731. The Morgan fingerprint density at radius 1 is 1.36 bits per heavy atom. The fourth-order valence-corrected chi connectivity index (χ4v) is 4.40. The molecule has 6 nitrogen and oxygen atoms in total. The van der Waals surface area contributed by atoms with Crippen molar-refractivity contribution < 1.29 is 23.8 Å². The number of ether oxygens (including phenoxy) is 1. The Kier molecular flexibility index (Phi) is 6.54. The number of carbonyl (C=O) groups excluding carboxylic acids is 2. The van der Waals surface area contributed by atoms with Crippen LogP contribution in [-0.4, -0.2) is 48.1 Å². The van der Waals surface area contributed by atoms with Gasteiger partial charge in [0.1, 0.15) is 0 Å². The van der Waals surface area contributed by atoms with E-state index in [2.05, 4.69) is 17.0 Å². The predicted octanol–water partition coefficient (Wildman–Crippen LogP) is 2.83. The largest absolute Gasteiger partial charge is 0.505 e. The van der Waals surface area contributed by atoms with E-state index >= 15 is 0 Å². The first-order chi connectivity index (χ1) is 13.4. The van der Waals surface area contributed by atoms with Crippen LogP contribution in [0, 0.1) is 17.7 Å². The second-order valence-electron chi connectivity index (χ2n) is 7.97. The first-order valence-corrected chi connectivity index (χ1v) is 10.0. The van der Waals surface area contributed by atoms with Crippen molar-refractivity contribution in [3.63, 3.8) is 0 Å². The maximum absolute atomic E-state index is 14.1. The standard InChI is InChI=1S/C21H29FN2O4/c1-13(23-10-9-18(26)28-2)15-5-3-14(4-6-15)11-24-12-16-7-8-17(25)20(22)19(16)21(24)27/h7-8,13-15,23,25H,3-6,9-12H2,1-2H3. The number of halogens is 1. The van der Waals surface area contributed by atoms with Gasteiger partial charge in [0, 0.05) is 25.7 Å². The maximum atomic E-state index is 14.1. The molecule has 28 heavy (non-hydrogen) atoms. The zero-order valence-electron chi connectivity index (χ0n) is 16.5. The number of nitrogens with zero attached hydrogens (tertiary/aromatic N) is 1. The molecule has 1 aliphatic carbocycles. The summed E-state index contributed by atoms with van der Waals surface area (Å²) in [5.41, 5.74) is 0.675. The Labute approximate surface area is 165 Å². The van der Waals surface area contributed by atoms with Crippen molar-refractivity contribution in [3.05, 3.63) is 29.1 Å². The van der Waals surface area contributed by atoms with E-state index < -0.39 is 11.6 Å². The van der Waals surface area contributed by atoms with Crippen molar-refractivity contribution in [2.24, 2.45) is 11.8 Å². The molecule has 2 N–H and O–H groups in total. The lowest BCUT2D eigenvalue weighted by Crippen LogP contribution is -2.38. The molecule has 1 fully saturated rings. The number of rotatable bonds is 7. The highest BCUT2D eigenvalue weighted by atomic mass is 19.1. The molecule has 0 spiro atoms. The molecule has 0 saturated heterocycles. The molecule has 1 amide bonds. The number of nitrogens with one attached hydrogen (secondary N) is 1. The lowest BCUT2D eigenvalue weighted by molar-refractivity contribution is -0.140. The van der Waals surface area contributed by atoms with Gasteiger partial charge in [-0.05, 0) is 56.1 Å². The van der Waals surface area contributed by atoms with Crippen molar-refractivity contribution in [2.75, 3.05) is 20.2 Å². The molecule has 1 saturated carbocycles. The third-order valence-electron chi connectivity index (χ3n) is 6.17. The number of amides is 1.